The van der Waals surface area contributed by atoms with Crippen LogP contribution in [0.3, 0.4) is 0 Å². The van der Waals surface area contributed by atoms with E-state index in [1.54, 1.807) is 29.1 Å². The third-order valence-electron chi connectivity index (χ3n) is 4.88. The van der Waals surface area contributed by atoms with Crippen LogP contribution < -0.4 is 5.32 Å². The second-order valence-electron chi connectivity index (χ2n) is 7.96. The first kappa shape index (κ1) is 22.0. The van der Waals surface area contributed by atoms with E-state index in [0.717, 1.165) is 17.7 Å². The van der Waals surface area contributed by atoms with Gasteiger partial charge in [-0.2, -0.15) is 5.10 Å². The zero-order valence-corrected chi connectivity index (χ0v) is 18.9. The highest BCUT2D eigenvalue weighted by Gasteiger charge is 2.21. The van der Waals surface area contributed by atoms with Crippen LogP contribution in [0.2, 0.25) is 0 Å². The number of carbonyl (C=O) groups is 2. The molecule has 0 radical (unpaired) electrons. The predicted molar refractivity (Wildman–Crippen MR) is 119 cm³/mol. The van der Waals surface area contributed by atoms with Crippen LogP contribution in [0.1, 0.15) is 49.7 Å². The van der Waals surface area contributed by atoms with Gasteiger partial charge in [-0.05, 0) is 50.1 Å². The maximum absolute atomic E-state index is 12.9. The zero-order valence-electron chi connectivity index (χ0n) is 18.1. The zero-order chi connectivity index (χ0) is 21.8. The molecule has 0 spiro atoms. The molecule has 1 unspecified atom stereocenters. The number of aryl methyl sites for hydroxylation is 2. The molecule has 0 aliphatic heterocycles. The molecule has 0 aliphatic rings. The summed E-state index contributed by atoms with van der Waals surface area (Å²) in [5.74, 6) is -0.274. The van der Waals surface area contributed by atoms with Gasteiger partial charge >= 0.3 is 5.97 Å². The van der Waals surface area contributed by atoms with Crippen LogP contribution in [0, 0.1) is 12.8 Å². The number of hydrogen-bond donors (Lipinski definition) is 1. The Balaban J connectivity index is 1.77. The minimum atomic E-state index is -0.554. The van der Waals surface area contributed by atoms with E-state index < -0.39 is 5.97 Å². The molecule has 3 rings (SSSR count). The van der Waals surface area contributed by atoms with Crippen molar-refractivity contribution in [1.82, 2.24) is 20.1 Å². The standard InChI is InChI=1S/C22H28N4O3S/c1-13(2)8-9-14(3)23-19(27)12-29-22(28)16-11-17(18-7-6-10-30-18)24-21-20(16)15(4)25-26(21)5/h6-7,10-11,13-14H,8-9,12H2,1-5H3,(H,23,27). The molecule has 1 atom stereocenters. The molecular weight excluding hydrogens is 400 g/mol. The molecule has 3 aromatic rings. The van der Waals surface area contributed by atoms with Crippen molar-refractivity contribution < 1.29 is 14.3 Å². The van der Waals surface area contributed by atoms with E-state index >= 15 is 0 Å². The summed E-state index contributed by atoms with van der Waals surface area (Å²) in [6.45, 7) is 7.77. The molecule has 0 aromatic carbocycles. The molecule has 0 saturated heterocycles. The van der Waals surface area contributed by atoms with E-state index in [4.69, 9.17) is 4.74 Å². The van der Waals surface area contributed by atoms with Gasteiger partial charge in [0.15, 0.2) is 12.3 Å². The van der Waals surface area contributed by atoms with Crippen LogP contribution in [-0.4, -0.2) is 39.3 Å². The number of nitrogens with zero attached hydrogens (tertiary/aromatic N) is 3. The molecule has 8 heteroatoms. The summed E-state index contributed by atoms with van der Waals surface area (Å²) in [5, 5.41) is 9.88. The van der Waals surface area contributed by atoms with E-state index in [1.165, 1.54) is 0 Å². The first-order valence-electron chi connectivity index (χ1n) is 10.1. The Morgan fingerprint density at radius 3 is 2.70 bits per heavy atom. The van der Waals surface area contributed by atoms with Crippen LogP contribution in [0.4, 0.5) is 0 Å². The lowest BCUT2D eigenvalue weighted by atomic mass is 10.0. The van der Waals surface area contributed by atoms with Gasteiger partial charge in [-0.25, -0.2) is 9.78 Å². The second kappa shape index (κ2) is 9.38. The van der Waals surface area contributed by atoms with Gasteiger partial charge in [-0.15, -0.1) is 11.3 Å². The van der Waals surface area contributed by atoms with Crippen molar-refractivity contribution in [2.24, 2.45) is 13.0 Å². The van der Waals surface area contributed by atoms with Gasteiger partial charge in [0.05, 0.1) is 27.2 Å². The first-order chi connectivity index (χ1) is 14.3. The third-order valence-corrected chi connectivity index (χ3v) is 5.77. The fraction of sp³-hybridized carbons (Fsp3) is 0.455. The number of esters is 1. The van der Waals surface area contributed by atoms with Crippen molar-refractivity contribution in [3.8, 4) is 10.6 Å². The third kappa shape index (κ3) is 5.05. The Hall–Kier alpha value is -2.74. The van der Waals surface area contributed by atoms with E-state index in [-0.39, 0.29) is 18.6 Å². The number of aromatic nitrogens is 3. The second-order valence-corrected chi connectivity index (χ2v) is 8.90. The first-order valence-corrected chi connectivity index (χ1v) is 11.0. The predicted octanol–water partition coefficient (Wildman–Crippen LogP) is 4.10. The SMILES string of the molecule is Cc1nn(C)c2nc(-c3cccs3)cc(C(=O)OCC(=O)NC(C)CCC(C)C)c12. The maximum atomic E-state index is 12.9. The minimum absolute atomic E-state index is 0.0391. The summed E-state index contributed by atoms with van der Waals surface area (Å²) in [5.41, 5.74) is 2.35. The summed E-state index contributed by atoms with van der Waals surface area (Å²) in [4.78, 5) is 30.7. The number of ether oxygens (including phenoxy) is 1. The number of amides is 1. The van der Waals surface area contributed by atoms with Crippen molar-refractivity contribution in [2.45, 2.75) is 46.6 Å². The maximum Gasteiger partial charge on any atom is 0.339 e. The van der Waals surface area contributed by atoms with Crippen molar-refractivity contribution in [3.63, 3.8) is 0 Å². The Morgan fingerprint density at radius 1 is 1.27 bits per heavy atom. The number of hydrogen-bond acceptors (Lipinski definition) is 6. The van der Waals surface area contributed by atoms with Crippen LogP contribution >= 0.6 is 11.3 Å². The van der Waals surface area contributed by atoms with Crippen LogP contribution in [-0.2, 0) is 16.6 Å². The van der Waals surface area contributed by atoms with Crippen molar-refractivity contribution in [2.75, 3.05) is 6.61 Å². The van der Waals surface area contributed by atoms with Crippen molar-refractivity contribution in [1.29, 1.82) is 0 Å². The highest BCUT2D eigenvalue weighted by atomic mass is 32.1. The average Bonchev–Trinajstić information content (AvgIpc) is 3.32. The van der Waals surface area contributed by atoms with E-state index in [1.807, 2.05) is 31.4 Å². The number of fused-ring (bicyclic) bond motifs is 1. The Morgan fingerprint density at radius 2 is 2.03 bits per heavy atom. The minimum Gasteiger partial charge on any atom is -0.452 e. The molecule has 0 aliphatic carbocycles. The average molecular weight is 429 g/mol. The Bertz CT molecular complexity index is 1040. The lowest BCUT2D eigenvalue weighted by Gasteiger charge is -2.15. The largest absolute Gasteiger partial charge is 0.452 e. The number of pyridine rings is 1. The highest BCUT2D eigenvalue weighted by molar-refractivity contribution is 7.13. The van der Waals surface area contributed by atoms with E-state index in [0.29, 0.717) is 33.9 Å². The van der Waals surface area contributed by atoms with Gasteiger partial charge < -0.3 is 10.1 Å². The number of carbonyl (C=O) groups excluding carboxylic acids is 2. The van der Waals surface area contributed by atoms with Crippen LogP contribution in [0.5, 0.6) is 0 Å². The monoisotopic (exact) mass is 428 g/mol. The Labute approximate surface area is 180 Å². The molecule has 3 heterocycles. The smallest absolute Gasteiger partial charge is 0.339 e. The van der Waals surface area contributed by atoms with Gasteiger partial charge in [0.2, 0.25) is 0 Å². The van der Waals surface area contributed by atoms with Gasteiger partial charge in [0.1, 0.15) is 0 Å². The number of thiophene rings is 1. The van der Waals surface area contributed by atoms with E-state index in [9.17, 15) is 9.59 Å². The van der Waals surface area contributed by atoms with Crippen molar-refractivity contribution in [3.05, 3.63) is 34.8 Å². The molecular formula is C22H28N4O3S. The molecule has 0 saturated carbocycles. The molecule has 160 valence electrons. The Kier molecular flexibility index (Phi) is 6.87. The van der Waals surface area contributed by atoms with Crippen LogP contribution in [0.25, 0.3) is 21.6 Å². The molecule has 0 bridgehead atoms. The molecule has 7 nitrogen and oxygen atoms in total. The molecule has 30 heavy (non-hydrogen) atoms. The fourth-order valence-electron chi connectivity index (χ4n) is 3.34. The molecule has 1 N–H and O–H groups in total. The lowest BCUT2D eigenvalue weighted by molar-refractivity contribution is -0.124. The quantitative estimate of drug-likeness (QED) is 0.546. The normalized spacial score (nSPS) is 12.3. The summed E-state index contributed by atoms with van der Waals surface area (Å²) in [6, 6.07) is 5.64. The van der Waals surface area contributed by atoms with E-state index in [2.05, 4.69) is 29.2 Å². The summed E-state index contributed by atoms with van der Waals surface area (Å²) >= 11 is 1.54. The summed E-state index contributed by atoms with van der Waals surface area (Å²) in [6.07, 6.45) is 1.92. The van der Waals surface area contributed by atoms with Gasteiger partial charge in [-0.3, -0.25) is 9.48 Å². The molecule has 1 amide bonds. The van der Waals surface area contributed by atoms with Gasteiger partial charge in [-0.1, -0.05) is 19.9 Å². The summed E-state index contributed by atoms with van der Waals surface area (Å²) < 4.78 is 7.00. The highest BCUT2D eigenvalue weighted by Crippen LogP contribution is 2.29. The lowest BCUT2D eigenvalue weighted by Crippen LogP contribution is -2.36. The topological polar surface area (TPSA) is 86.1 Å². The molecule has 3 aromatic heterocycles. The summed E-state index contributed by atoms with van der Waals surface area (Å²) in [7, 11) is 1.79. The van der Waals surface area contributed by atoms with Gasteiger partial charge in [0.25, 0.3) is 5.91 Å². The van der Waals surface area contributed by atoms with Crippen LogP contribution in [0.15, 0.2) is 23.6 Å². The van der Waals surface area contributed by atoms with Gasteiger partial charge in [0, 0.05) is 13.1 Å². The van der Waals surface area contributed by atoms with Crippen molar-refractivity contribution >= 4 is 34.2 Å². The molecule has 0 fully saturated rings. The number of nitrogens with one attached hydrogen (secondary N) is 1. The fourth-order valence-corrected chi connectivity index (χ4v) is 4.02. The number of rotatable bonds is 8.